The average Bonchev–Trinajstić information content (AvgIpc) is 3.11. The molecule has 1 aliphatic heterocycles. The van der Waals surface area contributed by atoms with Crippen LogP contribution in [0.3, 0.4) is 0 Å². The Kier molecular flexibility index (Phi) is 6.61. The lowest BCUT2D eigenvalue weighted by molar-refractivity contribution is 0.187. The first-order chi connectivity index (χ1) is 17.2. The van der Waals surface area contributed by atoms with Crippen LogP contribution in [0.4, 0.5) is 5.82 Å². The number of anilines is 1. The zero-order valence-corrected chi connectivity index (χ0v) is 21.8. The Balaban J connectivity index is 1.35. The molecular weight excluding hydrogens is 495 g/mol. The Morgan fingerprint density at radius 3 is 2.64 bits per heavy atom. The van der Waals surface area contributed by atoms with E-state index in [1.54, 1.807) is 38.1 Å². The van der Waals surface area contributed by atoms with Crippen LogP contribution in [-0.4, -0.2) is 33.9 Å². The topological polar surface area (TPSA) is 84.4 Å². The summed E-state index contributed by atoms with van der Waals surface area (Å²) in [6.45, 7) is 4.99. The molecule has 0 radical (unpaired) electrons. The van der Waals surface area contributed by atoms with Crippen LogP contribution in [0.15, 0.2) is 47.3 Å². The normalized spacial score (nSPS) is 19.1. The fourth-order valence-corrected chi connectivity index (χ4v) is 5.88. The molecule has 2 heterocycles. The van der Waals surface area contributed by atoms with Gasteiger partial charge in [-0.1, -0.05) is 47.2 Å². The fourth-order valence-electron chi connectivity index (χ4n) is 5.50. The number of halogens is 2. The highest BCUT2D eigenvalue weighted by Gasteiger charge is 2.46. The lowest BCUT2D eigenvalue weighted by Gasteiger charge is -2.42. The van der Waals surface area contributed by atoms with Crippen LogP contribution in [0, 0.1) is 24.2 Å². The maximum atomic E-state index is 13.1. The van der Waals surface area contributed by atoms with Crippen molar-refractivity contribution in [1.29, 1.82) is 0 Å². The molecule has 2 aromatic carbocycles. The van der Waals surface area contributed by atoms with E-state index < -0.39 is 6.10 Å². The van der Waals surface area contributed by atoms with Crippen LogP contribution in [0.25, 0.3) is 5.69 Å². The minimum Gasteiger partial charge on any atom is -0.381 e. The van der Waals surface area contributed by atoms with E-state index in [-0.39, 0.29) is 17.0 Å². The number of hydrogen-bond donors (Lipinski definition) is 2. The number of rotatable bonds is 2. The van der Waals surface area contributed by atoms with Crippen LogP contribution in [0.1, 0.15) is 48.3 Å². The maximum absolute atomic E-state index is 13.1. The van der Waals surface area contributed by atoms with Crippen molar-refractivity contribution in [3.05, 3.63) is 85.4 Å². The number of hydrogen-bond acceptors (Lipinski definition) is 5. The van der Waals surface area contributed by atoms with Gasteiger partial charge in [0.05, 0.1) is 15.7 Å². The smallest absolute Gasteiger partial charge is 0.260 e. The van der Waals surface area contributed by atoms with Gasteiger partial charge in [-0.2, -0.15) is 0 Å². The Bertz CT molecular complexity index is 1450. The van der Waals surface area contributed by atoms with Crippen molar-refractivity contribution in [3.63, 3.8) is 0 Å². The molecule has 8 heteroatoms. The van der Waals surface area contributed by atoms with Gasteiger partial charge < -0.3 is 15.7 Å². The van der Waals surface area contributed by atoms with Gasteiger partial charge in [-0.05, 0) is 73.9 Å². The van der Waals surface area contributed by atoms with Gasteiger partial charge in [0.25, 0.3) is 5.56 Å². The van der Waals surface area contributed by atoms with Gasteiger partial charge in [-0.15, -0.1) is 0 Å². The Morgan fingerprint density at radius 2 is 1.94 bits per heavy atom. The van der Waals surface area contributed by atoms with Crippen LogP contribution in [0.5, 0.6) is 0 Å². The predicted octanol–water partition coefficient (Wildman–Crippen LogP) is 4.42. The van der Waals surface area contributed by atoms with Crippen LogP contribution < -0.4 is 16.2 Å². The summed E-state index contributed by atoms with van der Waals surface area (Å²) in [6, 6.07) is 12.9. The number of aliphatic hydroxyl groups is 1. The Morgan fingerprint density at radius 1 is 1.19 bits per heavy atom. The number of piperidine rings is 1. The van der Waals surface area contributed by atoms with Gasteiger partial charge in [-0.3, -0.25) is 9.36 Å². The van der Waals surface area contributed by atoms with Crippen molar-refractivity contribution in [1.82, 2.24) is 9.55 Å². The highest BCUT2D eigenvalue weighted by atomic mass is 35.5. The number of nitrogens with two attached hydrogens (primary N) is 1. The molecule has 3 N–H and O–H groups in total. The lowest BCUT2D eigenvalue weighted by atomic mass is 9.73. The Labute approximate surface area is 220 Å². The number of aliphatic hydroxyl groups excluding tert-OH is 1. The molecule has 186 valence electrons. The van der Waals surface area contributed by atoms with Crippen molar-refractivity contribution in [3.8, 4) is 17.5 Å². The molecule has 0 bridgehead atoms. The van der Waals surface area contributed by atoms with E-state index in [4.69, 9.17) is 33.9 Å². The van der Waals surface area contributed by atoms with E-state index in [0.29, 0.717) is 27.4 Å². The first-order valence-corrected chi connectivity index (χ1v) is 12.8. The highest BCUT2D eigenvalue weighted by molar-refractivity contribution is 6.43. The zero-order valence-electron chi connectivity index (χ0n) is 20.3. The number of benzene rings is 2. The second kappa shape index (κ2) is 9.57. The van der Waals surface area contributed by atoms with E-state index >= 15 is 0 Å². The molecule has 3 aromatic rings. The third-order valence-electron chi connectivity index (χ3n) is 7.44. The molecule has 5 rings (SSSR count). The molecule has 1 fully saturated rings. The summed E-state index contributed by atoms with van der Waals surface area (Å²) in [6.07, 6.45) is 2.08. The standard InChI is InChI=1S/C28H28Cl2N4O2/c1-17(35)6-7-19-8-9-20-16-28(27(31)21(20)14-19)10-12-33(13-11-28)24-15-25(36)34(18(2)32-24)23-5-3-4-22(29)26(23)30/h3-5,8-9,14-15,17,27,35H,10-13,16,31H2,1-2H3/t17-,27-/m1/s1. The fraction of sp³-hybridized carbons (Fsp3) is 0.357. The van der Waals surface area contributed by atoms with Crippen LogP contribution >= 0.6 is 23.2 Å². The minimum atomic E-state index is -0.663. The third kappa shape index (κ3) is 4.42. The molecule has 1 aromatic heterocycles. The van der Waals surface area contributed by atoms with Crippen molar-refractivity contribution in [2.24, 2.45) is 11.1 Å². The molecule has 6 nitrogen and oxygen atoms in total. The van der Waals surface area contributed by atoms with E-state index in [9.17, 15) is 9.90 Å². The average molecular weight is 523 g/mol. The first-order valence-electron chi connectivity index (χ1n) is 12.1. The van der Waals surface area contributed by atoms with Gasteiger partial charge in [0.1, 0.15) is 17.7 Å². The second-order valence-electron chi connectivity index (χ2n) is 9.77. The van der Waals surface area contributed by atoms with Crippen molar-refractivity contribution < 1.29 is 5.11 Å². The Hall–Kier alpha value is -2.82. The van der Waals surface area contributed by atoms with E-state index in [1.807, 2.05) is 6.07 Å². The largest absolute Gasteiger partial charge is 0.381 e. The van der Waals surface area contributed by atoms with Gasteiger partial charge >= 0.3 is 0 Å². The number of aromatic nitrogens is 2. The SMILES string of the molecule is Cc1nc(N2CCC3(CC2)Cc2ccc(C#C[C@@H](C)O)cc2[C@H]3N)cc(=O)n1-c1cccc(Cl)c1Cl. The van der Waals surface area contributed by atoms with Gasteiger partial charge in [0, 0.05) is 30.8 Å². The molecule has 36 heavy (non-hydrogen) atoms. The molecule has 1 saturated heterocycles. The maximum Gasteiger partial charge on any atom is 0.260 e. The summed E-state index contributed by atoms with van der Waals surface area (Å²) in [5.41, 5.74) is 10.4. The second-order valence-corrected chi connectivity index (χ2v) is 10.6. The zero-order chi connectivity index (χ0) is 25.6. The molecule has 0 saturated carbocycles. The molecule has 0 amide bonds. The first kappa shape index (κ1) is 24.9. The highest BCUT2D eigenvalue weighted by Crippen LogP contribution is 2.51. The van der Waals surface area contributed by atoms with Crippen LogP contribution in [-0.2, 0) is 6.42 Å². The number of fused-ring (bicyclic) bond motifs is 1. The molecule has 1 aliphatic carbocycles. The predicted molar refractivity (Wildman–Crippen MR) is 144 cm³/mol. The number of nitrogens with zero attached hydrogens (tertiary/aromatic N) is 3. The van der Waals surface area contributed by atoms with Crippen molar-refractivity contribution in [2.75, 3.05) is 18.0 Å². The lowest BCUT2D eigenvalue weighted by Crippen LogP contribution is -2.45. The minimum absolute atomic E-state index is 0.0203. The summed E-state index contributed by atoms with van der Waals surface area (Å²) < 4.78 is 1.49. The van der Waals surface area contributed by atoms with E-state index in [0.717, 1.165) is 43.5 Å². The summed E-state index contributed by atoms with van der Waals surface area (Å²) >= 11 is 12.5. The third-order valence-corrected chi connectivity index (χ3v) is 8.25. The monoisotopic (exact) mass is 522 g/mol. The summed E-state index contributed by atoms with van der Waals surface area (Å²) in [7, 11) is 0. The van der Waals surface area contributed by atoms with E-state index in [2.05, 4.69) is 28.9 Å². The van der Waals surface area contributed by atoms with Crippen molar-refractivity contribution >= 4 is 29.0 Å². The molecule has 1 spiro atoms. The summed E-state index contributed by atoms with van der Waals surface area (Å²) in [5.74, 6) is 7.05. The van der Waals surface area contributed by atoms with Gasteiger partial charge in [-0.25, -0.2) is 4.98 Å². The number of aryl methyl sites for hydroxylation is 1. The quantitative estimate of drug-likeness (QED) is 0.486. The van der Waals surface area contributed by atoms with Crippen molar-refractivity contribution in [2.45, 2.75) is 45.3 Å². The van der Waals surface area contributed by atoms with Gasteiger partial charge in [0.2, 0.25) is 0 Å². The molecule has 2 aliphatic rings. The molecular formula is C28H28Cl2N4O2. The summed E-state index contributed by atoms with van der Waals surface area (Å²) in [5, 5.41) is 10.2. The van der Waals surface area contributed by atoms with Gasteiger partial charge in [0.15, 0.2) is 0 Å². The molecule has 2 atom stereocenters. The summed E-state index contributed by atoms with van der Waals surface area (Å²) in [4.78, 5) is 20.0. The van der Waals surface area contributed by atoms with Crippen LogP contribution in [0.2, 0.25) is 10.0 Å². The molecule has 0 unspecified atom stereocenters. The van der Waals surface area contributed by atoms with E-state index in [1.165, 1.54) is 10.1 Å².